The van der Waals surface area contributed by atoms with Crippen LogP contribution in [0.15, 0.2) is 90.3 Å². The highest BCUT2D eigenvalue weighted by molar-refractivity contribution is 6.32. The van der Waals surface area contributed by atoms with Gasteiger partial charge in [-0.25, -0.2) is 9.59 Å². The third-order valence-electron chi connectivity index (χ3n) is 11.8. The summed E-state index contributed by atoms with van der Waals surface area (Å²) >= 11 is 0. The van der Waals surface area contributed by atoms with E-state index in [4.69, 9.17) is 18.9 Å². The number of hydrogen-bond donors (Lipinski definition) is 0. The molecule has 0 N–H and O–H groups in total. The second kappa shape index (κ2) is 14.7. The van der Waals surface area contributed by atoms with Crippen LogP contribution >= 0.6 is 0 Å². The number of fused-ring (bicyclic) bond motifs is 12. The molecule has 1 fully saturated rings. The van der Waals surface area contributed by atoms with Gasteiger partial charge in [0.25, 0.3) is 0 Å². The van der Waals surface area contributed by atoms with Gasteiger partial charge in [0.1, 0.15) is 23.1 Å². The Kier molecular flexibility index (Phi) is 9.98. The van der Waals surface area contributed by atoms with Crippen molar-refractivity contribution in [2.75, 3.05) is 0 Å². The van der Waals surface area contributed by atoms with Gasteiger partial charge in [0.05, 0.1) is 48.1 Å². The third kappa shape index (κ3) is 5.97. The molecule has 1 aliphatic carbocycles. The average molecular weight is 801 g/mol. The Balaban J connectivity index is 1.54. The number of rotatable bonds is 8. The van der Waals surface area contributed by atoms with Crippen molar-refractivity contribution in [3.63, 3.8) is 0 Å². The van der Waals surface area contributed by atoms with Crippen molar-refractivity contribution in [3.8, 4) is 0 Å². The van der Waals surface area contributed by atoms with E-state index in [1.807, 2.05) is 48.5 Å². The predicted molar refractivity (Wildman–Crippen MR) is 214 cm³/mol. The van der Waals surface area contributed by atoms with Crippen LogP contribution in [0.5, 0.6) is 0 Å². The minimum atomic E-state index is -2.26. The maximum Gasteiger partial charge on any atom is 0.355 e. The van der Waals surface area contributed by atoms with Crippen LogP contribution in [0.25, 0.3) is 6.08 Å². The van der Waals surface area contributed by atoms with Crippen LogP contribution < -0.4 is 0 Å². The van der Waals surface area contributed by atoms with Gasteiger partial charge in [-0.2, -0.15) is 0 Å². The summed E-state index contributed by atoms with van der Waals surface area (Å²) in [5, 5.41) is 0. The predicted octanol–water partition coefficient (Wildman–Crippen LogP) is 6.66. The van der Waals surface area contributed by atoms with Crippen molar-refractivity contribution in [2.45, 2.75) is 110 Å². The Labute approximate surface area is 343 Å². The molecule has 0 bridgehead atoms. The van der Waals surface area contributed by atoms with Gasteiger partial charge in [-0.1, -0.05) is 72.8 Å². The topological polar surface area (TPSA) is 146 Å². The maximum absolute atomic E-state index is 15.5. The highest BCUT2D eigenvalue weighted by atomic mass is 16.6. The summed E-state index contributed by atoms with van der Waals surface area (Å²) in [4.78, 5) is 94.1. The molecule has 0 unspecified atom stereocenters. The van der Waals surface area contributed by atoms with E-state index in [2.05, 4.69) is 0 Å². The Morgan fingerprint density at radius 2 is 1.10 bits per heavy atom. The number of ether oxygens (including phenoxy) is 4. The van der Waals surface area contributed by atoms with Crippen LogP contribution in [0.2, 0.25) is 0 Å². The summed E-state index contributed by atoms with van der Waals surface area (Å²) < 4.78 is 23.8. The van der Waals surface area contributed by atoms with Crippen molar-refractivity contribution >= 4 is 41.5 Å². The van der Waals surface area contributed by atoms with Gasteiger partial charge < -0.3 is 23.8 Å². The third-order valence-corrected chi connectivity index (χ3v) is 11.8. The van der Waals surface area contributed by atoms with E-state index in [-0.39, 0.29) is 22.4 Å². The summed E-state index contributed by atoms with van der Waals surface area (Å²) in [7, 11) is 0. The van der Waals surface area contributed by atoms with Gasteiger partial charge in [-0.15, -0.1) is 0 Å². The fourth-order valence-electron chi connectivity index (χ4n) is 10.1. The fourth-order valence-corrected chi connectivity index (χ4v) is 10.1. The SMILES string of the molecule is CC(C)OC(=O)C1=C(C(=O)OC(C)C)N2C=Cc3ccccc3[C@@H]2[C@@H]2c3ccccc3[C@@H]3N([C@H]12)[C@H](C(=O)OC(C)C)[C@H](C(=O)OC(C)C)C31C(=O)c2ccccc2C1=O. The minimum absolute atomic E-state index is 0.106. The number of hydrogen-bond acceptors (Lipinski definition) is 12. The molecule has 306 valence electrons. The smallest absolute Gasteiger partial charge is 0.355 e. The largest absolute Gasteiger partial charge is 0.463 e. The summed E-state index contributed by atoms with van der Waals surface area (Å²) in [5.74, 6) is -7.32. The van der Waals surface area contributed by atoms with Gasteiger partial charge in [-0.05, 0) is 83.7 Å². The van der Waals surface area contributed by atoms with Crippen molar-refractivity contribution in [1.29, 1.82) is 0 Å². The van der Waals surface area contributed by atoms with Crippen molar-refractivity contribution in [2.24, 2.45) is 11.3 Å². The first kappa shape index (κ1) is 39.9. The molecular formula is C47H48N2O10. The second-order valence-electron chi connectivity index (χ2n) is 16.9. The van der Waals surface area contributed by atoms with Crippen LogP contribution in [0, 0.1) is 11.3 Å². The first-order valence-electron chi connectivity index (χ1n) is 20.3. The summed E-state index contributed by atoms with van der Waals surface area (Å²) in [6, 6.07) is 16.4. The van der Waals surface area contributed by atoms with E-state index in [1.54, 1.807) is 102 Å². The molecule has 3 aromatic carbocycles. The fraction of sp³-hybridized carbons (Fsp3) is 0.404. The Morgan fingerprint density at radius 3 is 1.69 bits per heavy atom. The lowest BCUT2D eigenvalue weighted by molar-refractivity contribution is -0.166. The molecule has 5 aliphatic rings. The minimum Gasteiger partial charge on any atom is -0.463 e. The Hall–Kier alpha value is -5.88. The highest BCUT2D eigenvalue weighted by Gasteiger charge is 2.78. The van der Waals surface area contributed by atoms with E-state index >= 15 is 19.2 Å². The van der Waals surface area contributed by atoms with Gasteiger partial charge in [0.15, 0.2) is 11.6 Å². The van der Waals surface area contributed by atoms with E-state index in [0.717, 1.165) is 11.1 Å². The summed E-state index contributed by atoms with van der Waals surface area (Å²) in [6.07, 6.45) is 0.976. The van der Waals surface area contributed by atoms with E-state index in [9.17, 15) is 9.59 Å². The molecule has 0 aromatic heterocycles. The quantitative estimate of drug-likeness (QED) is 0.136. The van der Waals surface area contributed by atoms with Gasteiger partial charge in [-0.3, -0.25) is 24.1 Å². The number of benzene rings is 3. The molecule has 8 rings (SSSR count). The summed E-state index contributed by atoms with van der Waals surface area (Å²) in [5.41, 5.74) is 0.549. The molecule has 4 heterocycles. The molecule has 12 heteroatoms. The molecule has 59 heavy (non-hydrogen) atoms. The molecule has 0 radical (unpaired) electrons. The standard InChI is InChI=1S/C47H48N2O10/c1-23(2)56-43(52)34-37-33(36-28-16-10-9-15-27(28)21-22-48(36)38(34)45(54)58-25(5)6)29-17-11-12-18-30(29)40-47(41(50)31-19-13-14-20-32(31)42(47)51)35(44(53)57-24(3)4)39(49(37)40)46(55)59-26(7)8/h9-26,33,35-37,39-40H,1-8H3/t33-,35+,36+,37-,39-,40-/m0/s1. The molecule has 0 saturated carbocycles. The van der Waals surface area contributed by atoms with Gasteiger partial charge in [0, 0.05) is 23.2 Å². The zero-order valence-corrected chi connectivity index (χ0v) is 34.3. The van der Waals surface area contributed by atoms with E-state index in [1.165, 1.54) is 0 Å². The average Bonchev–Trinajstić information content (AvgIpc) is 3.62. The van der Waals surface area contributed by atoms with Crippen molar-refractivity contribution in [3.05, 3.63) is 124 Å². The lowest BCUT2D eigenvalue weighted by Gasteiger charge is -2.55. The van der Waals surface area contributed by atoms with Gasteiger partial charge in [0.2, 0.25) is 0 Å². The molecule has 0 amide bonds. The number of carbonyl (C=O) groups is 6. The van der Waals surface area contributed by atoms with Crippen LogP contribution in [0.4, 0.5) is 0 Å². The van der Waals surface area contributed by atoms with Crippen molar-refractivity contribution < 1.29 is 47.7 Å². The normalized spacial score (nSPS) is 24.8. The van der Waals surface area contributed by atoms with E-state index < -0.39 is 101 Å². The summed E-state index contributed by atoms with van der Waals surface area (Å²) in [6.45, 7) is 13.4. The first-order chi connectivity index (χ1) is 28.1. The van der Waals surface area contributed by atoms with Crippen LogP contribution in [-0.2, 0) is 38.1 Å². The van der Waals surface area contributed by atoms with Crippen LogP contribution in [0.1, 0.15) is 116 Å². The number of esters is 4. The zero-order chi connectivity index (χ0) is 42.2. The van der Waals surface area contributed by atoms with E-state index in [0.29, 0.717) is 11.1 Å². The maximum atomic E-state index is 15.5. The molecule has 3 aromatic rings. The Bertz CT molecular complexity index is 2320. The molecule has 6 atom stereocenters. The molecule has 12 nitrogen and oxygen atoms in total. The monoisotopic (exact) mass is 800 g/mol. The number of carbonyl (C=O) groups excluding carboxylic acids is 6. The molecular weight excluding hydrogens is 753 g/mol. The Morgan fingerprint density at radius 1 is 0.593 bits per heavy atom. The first-order valence-corrected chi connectivity index (χ1v) is 20.3. The van der Waals surface area contributed by atoms with Crippen LogP contribution in [0.3, 0.4) is 0 Å². The zero-order valence-electron chi connectivity index (χ0n) is 34.3. The highest BCUT2D eigenvalue weighted by Crippen LogP contribution is 2.67. The lowest BCUT2D eigenvalue weighted by Crippen LogP contribution is -2.60. The number of nitrogens with zero attached hydrogens (tertiary/aromatic N) is 2. The van der Waals surface area contributed by atoms with Crippen molar-refractivity contribution in [1.82, 2.24) is 9.80 Å². The molecule has 4 aliphatic heterocycles. The molecule has 1 saturated heterocycles. The lowest BCUT2D eigenvalue weighted by atomic mass is 9.62. The molecule has 1 spiro atoms. The second-order valence-corrected chi connectivity index (χ2v) is 16.9. The number of Topliss-reactive ketones (excluding diaryl/α,β-unsaturated/α-hetero) is 2. The van der Waals surface area contributed by atoms with Crippen LogP contribution in [-0.4, -0.2) is 81.7 Å². The number of ketones is 2. The van der Waals surface area contributed by atoms with Gasteiger partial charge >= 0.3 is 23.9 Å².